The maximum atomic E-state index is 12.4. The van der Waals surface area contributed by atoms with Crippen molar-refractivity contribution in [3.8, 4) is 0 Å². The van der Waals surface area contributed by atoms with Crippen LogP contribution >= 0.6 is 0 Å². The van der Waals surface area contributed by atoms with E-state index in [-0.39, 0.29) is 23.3 Å². The highest BCUT2D eigenvalue weighted by Crippen LogP contribution is 2.24. The first-order chi connectivity index (χ1) is 7.77. The largest absolute Gasteiger partial charge is 0.344 e. The van der Waals surface area contributed by atoms with Gasteiger partial charge in [-0.2, -0.15) is 0 Å². The van der Waals surface area contributed by atoms with E-state index < -0.39 is 6.04 Å². The minimum Gasteiger partial charge on any atom is -0.344 e. The molecule has 0 aromatic heterocycles. The number of hydrogen-bond acceptors (Lipinski definition) is 2. The van der Waals surface area contributed by atoms with Crippen molar-refractivity contribution < 1.29 is 9.59 Å². The molecule has 1 aliphatic rings. The molecule has 2 amide bonds. The fourth-order valence-corrected chi connectivity index (χ4v) is 2.04. The number of nitrogens with zero attached hydrogens (tertiary/aromatic N) is 1. The van der Waals surface area contributed by atoms with E-state index in [4.69, 9.17) is 0 Å². The maximum Gasteiger partial charge on any atom is 0.245 e. The molecule has 4 nitrogen and oxygen atoms in total. The Balaban J connectivity index is 2.97. The van der Waals surface area contributed by atoms with Crippen molar-refractivity contribution in [1.29, 1.82) is 0 Å². The molecule has 98 valence electrons. The predicted molar refractivity (Wildman–Crippen MR) is 67.5 cm³/mol. The molecule has 1 N–H and O–H groups in total. The summed E-state index contributed by atoms with van der Waals surface area (Å²) >= 11 is 0. The SMILES string of the molecule is CCC(C)N1CCC(=O)NC(C(C)(C)C)C1=O. The van der Waals surface area contributed by atoms with Crippen molar-refractivity contribution in [3.63, 3.8) is 0 Å². The average molecular weight is 240 g/mol. The smallest absolute Gasteiger partial charge is 0.245 e. The lowest BCUT2D eigenvalue weighted by atomic mass is 9.85. The minimum absolute atomic E-state index is 0.0240. The number of amides is 2. The summed E-state index contributed by atoms with van der Waals surface area (Å²) in [5.41, 5.74) is -0.247. The zero-order chi connectivity index (χ0) is 13.2. The lowest BCUT2D eigenvalue weighted by Gasteiger charge is -2.34. The van der Waals surface area contributed by atoms with Crippen LogP contribution in [0.5, 0.6) is 0 Å². The van der Waals surface area contributed by atoms with Gasteiger partial charge in [0.25, 0.3) is 0 Å². The van der Waals surface area contributed by atoms with Crippen LogP contribution in [0.15, 0.2) is 0 Å². The van der Waals surface area contributed by atoms with Crippen LogP contribution in [0.25, 0.3) is 0 Å². The van der Waals surface area contributed by atoms with Gasteiger partial charge in [-0.15, -0.1) is 0 Å². The number of hydrogen-bond donors (Lipinski definition) is 1. The van der Waals surface area contributed by atoms with E-state index in [0.717, 1.165) is 6.42 Å². The Morgan fingerprint density at radius 3 is 2.47 bits per heavy atom. The molecule has 0 saturated carbocycles. The summed E-state index contributed by atoms with van der Waals surface area (Å²) in [6, 6.07) is -0.216. The third-order valence-corrected chi connectivity index (χ3v) is 3.40. The van der Waals surface area contributed by atoms with Gasteiger partial charge in [0.2, 0.25) is 11.8 Å². The third-order valence-electron chi connectivity index (χ3n) is 3.40. The highest BCUT2D eigenvalue weighted by Gasteiger charge is 2.38. The van der Waals surface area contributed by atoms with Crippen LogP contribution in [0, 0.1) is 5.41 Å². The Hall–Kier alpha value is -1.06. The Kier molecular flexibility index (Phi) is 4.17. The molecule has 0 radical (unpaired) electrons. The second kappa shape index (κ2) is 5.07. The normalized spacial score (nSPS) is 24.3. The molecule has 1 fully saturated rings. The van der Waals surface area contributed by atoms with Gasteiger partial charge in [-0.05, 0) is 18.8 Å². The Bertz CT molecular complexity index is 307. The molecule has 1 rings (SSSR count). The van der Waals surface area contributed by atoms with Crippen molar-refractivity contribution in [3.05, 3.63) is 0 Å². The quantitative estimate of drug-likeness (QED) is 0.796. The van der Waals surface area contributed by atoms with Gasteiger partial charge in [-0.25, -0.2) is 0 Å². The zero-order valence-electron chi connectivity index (χ0n) is 11.5. The van der Waals surface area contributed by atoms with Crippen LogP contribution in [-0.2, 0) is 9.59 Å². The third kappa shape index (κ3) is 3.20. The fraction of sp³-hybridized carbons (Fsp3) is 0.846. The highest BCUT2D eigenvalue weighted by atomic mass is 16.2. The second-order valence-corrected chi connectivity index (χ2v) is 5.91. The molecule has 2 atom stereocenters. The average Bonchev–Trinajstić information content (AvgIpc) is 2.37. The van der Waals surface area contributed by atoms with E-state index in [0.29, 0.717) is 13.0 Å². The van der Waals surface area contributed by atoms with Crippen LogP contribution in [0.2, 0.25) is 0 Å². The van der Waals surface area contributed by atoms with Crippen molar-refractivity contribution in [1.82, 2.24) is 10.2 Å². The Labute approximate surface area is 104 Å². The van der Waals surface area contributed by atoms with E-state index in [1.807, 2.05) is 32.6 Å². The van der Waals surface area contributed by atoms with Crippen LogP contribution in [0.3, 0.4) is 0 Å². The van der Waals surface area contributed by atoms with E-state index >= 15 is 0 Å². The van der Waals surface area contributed by atoms with Crippen molar-refractivity contribution in [2.75, 3.05) is 6.54 Å². The number of rotatable bonds is 2. The molecule has 4 heteroatoms. The van der Waals surface area contributed by atoms with Crippen LogP contribution in [0.4, 0.5) is 0 Å². The molecule has 0 spiro atoms. The predicted octanol–water partition coefficient (Wildman–Crippen LogP) is 1.55. The fourth-order valence-electron chi connectivity index (χ4n) is 2.04. The molecule has 0 aromatic carbocycles. The van der Waals surface area contributed by atoms with Gasteiger partial charge >= 0.3 is 0 Å². The van der Waals surface area contributed by atoms with Crippen molar-refractivity contribution in [2.45, 2.75) is 59.5 Å². The zero-order valence-corrected chi connectivity index (χ0v) is 11.5. The van der Waals surface area contributed by atoms with Crippen LogP contribution in [0.1, 0.15) is 47.5 Å². The van der Waals surface area contributed by atoms with Gasteiger partial charge in [0.15, 0.2) is 0 Å². The molecule has 2 unspecified atom stereocenters. The molecule has 17 heavy (non-hydrogen) atoms. The van der Waals surface area contributed by atoms with Gasteiger partial charge in [-0.1, -0.05) is 27.7 Å². The highest BCUT2D eigenvalue weighted by molar-refractivity contribution is 5.90. The first-order valence-electron chi connectivity index (χ1n) is 6.37. The standard InChI is InChI=1S/C13H24N2O2/c1-6-9(2)15-8-7-10(16)14-11(12(15)17)13(3,4)5/h9,11H,6-8H2,1-5H3,(H,14,16). The monoisotopic (exact) mass is 240 g/mol. The molecular formula is C13H24N2O2. The number of carbonyl (C=O) groups excluding carboxylic acids is 2. The summed E-state index contributed by atoms with van der Waals surface area (Å²) < 4.78 is 0. The maximum absolute atomic E-state index is 12.4. The summed E-state index contributed by atoms with van der Waals surface area (Å²) in [7, 11) is 0. The molecule has 1 saturated heterocycles. The minimum atomic E-state index is -0.411. The summed E-state index contributed by atoms with van der Waals surface area (Å²) in [6.45, 7) is 10.6. The summed E-state index contributed by atoms with van der Waals surface area (Å²) in [5, 5.41) is 2.85. The van der Waals surface area contributed by atoms with Crippen molar-refractivity contribution in [2.24, 2.45) is 5.41 Å². The van der Waals surface area contributed by atoms with E-state index in [1.165, 1.54) is 0 Å². The Morgan fingerprint density at radius 2 is 2.00 bits per heavy atom. The summed E-state index contributed by atoms with van der Waals surface area (Å²) in [6.07, 6.45) is 1.32. The van der Waals surface area contributed by atoms with Gasteiger partial charge in [0.05, 0.1) is 0 Å². The molecule has 1 aliphatic heterocycles. The van der Waals surface area contributed by atoms with E-state index in [2.05, 4.69) is 12.2 Å². The molecular weight excluding hydrogens is 216 g/mol. The molecule has 0 bridgehead atoms. The lowest BCUT2D eigenvalue weighted by molar-refractivity contribution is -0.138. The second-order valence-electron chi connectivity index (χ2n) is 5.91. The van der Waals surface area contributed by atoms with E-state index in [9.17, 15) is 9.59 Å². The molecule has 0 aromatic rings. The summed E-state index contributed by atoms with van der Waals surface area (Å²) in [5.74, 6) is 0.0294. The molecule has 1 heterocycles. The van der Waals surface area contributed by atoms with Crippen molar-refractivity contribution >= 4 is 11.8 Å². The summed E-state index contributed by atoms with van der Waals surface area (Å²) in [4.78, 5) is 25.9. The van der Waals surface area contributed by atoms with Gasteiger partial charge in [-0.3, -0.25) is 9.59 Å². The first-order valence-corrected chi connectivity index (χ1v) is 6.37. The van der Waals surface area contributed by atoms with Crippen LogP contribution < -0.4 is 5.32 Å². The topological polar surface area (TPSA) is 49.4 Å². The number of carbonyl (C=O) groups is 2. The number of nitrogens with one attached hydrogen (secondary N) is 1. The van der Waals surface area contributed by atoms with Gasteiger partial charge in [0, 0.05) is 19.0 Å². The lowest BCUT2D eigenvalue weighted by Crippen LogP contribution is -2.53. The Morgan fingerprint density at radius 1 is 1.41 bits per heavy atom. The van der Waals surface area contributed by atoms with Crippen LogP contribution in [-0.4, -0.2) is 35.3 Å². The van der Waals surface area contributed by atoms with E-state index in [1.54, 1.807) is 0 Å². The molecule has 0 aliphatic carbocycles. The van der Waals surface area contributed by atoms with Gasteiger partial charge < -0.3 is 10.2 Å². The van der Waals surface area contributed by atoms with Gasteiger partial charge in [0.1, 0.15) is 6.04 Å². The first kappa shape index (κ1) is 14.0.